The van der Waals surface area contributed by atoms with Gasteiger partial charge >= 0.3 is 0 Å². The van der Waals surface area contributed by atoms with E-state index in [-0.39, 0.29) is 5.56 Å². The summed E-state index contributed by atoms with van der Waals surface area (Å²) in [5.74, 6) is 1.56. The standard InChI is InChI=1S/C22H17Cl2N5O2/c23-15-5-1-13(2-6-15)20-25-18-9-10-29(11-17(18)22(30)27-20)12-19-26-21(28-31-19)14-3-7-16(24)8-4-14/h1-8H,9-12H2,(H,25,27,30). The molecular formula is C22H17Cl2N5O2. The number of halogens is 2. The van der Waals surface area contributed by atoms with Gasteiger partial charge in [-0.2, -0.15) is 4.98 Å². The molecule has 0 aliphatic carbocycles. The number of aromatic amines is 1. The van der Waals surface area contributed by atoms with Gasteiger partial charge < -0.3 is 9.51 Å². The van der Waals surface area contributed by atoms with Crippen LogP contribution >= 0.6 is 23.2 Å². The molecule has 0 radical (unpaired) electrons. The summed E-state index contributed by atoms with van der Waals surface area (Å²) in [6, 6.07) is 14.5. The lowest BCUT2D eigenvalue weighted by Gasteiger charge is -2.26. The fourth-order valence-electron chi connectivity index (χ4n) is 3.59. The Morgan fingerprint density at radius 3 is 2.35 bits per heavy atom. The third-order valence-electron chi connectivity index (χ3n) is 5.19. The molecule has 0 amide bonds. The second-order valence-corrected chi connectivity index (χ2v) is 8.20. The Morgan fingerprint density at radius 2 is 1.65 bits per heavy atom. The van der Waals surface area contributed by atoms with Crippen LogP contribution in [0.3, 0.4) is 0 Å². The van der Waals surface area contributed by atoms with Crippen molar-refractivity contribution in [3.05, 3.63) is 86.1 Å². The summed E-state index contributed by atoms with van der Waals surface area (Å²) in [5, 5.41) is 5.34. The number of H-pyrrole nitrogens is 1. The Morgan fingerprint density at radius 1 is 0.968 bits per heavy atom. The second-order valence-electron chi connectivity index (χ2n) is 7.33. The first-order chi connectivity index (χ1) is 15.0. The summed E-state index contributed by atoms with van der Waals surface area (Å²) in [5.41, 5.74) is 3.01. The van der Waals surface area contributed by atoms with Gasteiger partial charge in [-0.05, 0) is 48.5 Å². The average molecular weight is 454 g/mol. The normalized spacial score (nSPS) is 13.9. The van der Waals surface area contributed by atoms with Crippen molar-refractivity contribution in [1.29, 1.82) is 0 Å². The topological polar surface area (TPSA) is 87.9 Å². The molecule has 4 aromatic rings. The van der Waals surface area contributed by atoms with Crippen LogP contribution in [-0.2, 0) is 19.5 Å². The predicted octanol–water partition coefficient (Wildman–Crippen LogP) is 4.35. The Bertz CT molecular complexity index is 1280. The lowest BCUT2D eigenvalue weighted by molar-refractivity contribution is 0.208. The lowest BCUT2D eigenvalue weighted by Crippen LogP contribution is -2.35. The highest BCUT2D eigenvalue weighted by molar-refractivity contribution is 6.30. The van der Waals surface area contributed by atoms with Crippen molar-refractivity contribution in [2.24, 2.45) is 0 Å². The van der Waals surface area contributed by atoms with Crippen LogP contribution in [0.25, 0.3) is 22.8 Å². The number of benzene rings is 2. The van der Waals surface area contributed by atoms with Crippen LogP contribution in [0.4, 0.5) is 0 Å². The quantitative estimate of drug-likeness (QED) is 0.493. The van der Waals surface area contributed by atoms with E-state index in [1.165, 1.54) is 0 Å². The number of aromatic nitrogens is 4. The Balaban J connectivity index is 1.32. The van der Waals surface area contributed by atoms with Crippen molar-refractivity contribution < 1.29 is 4.52 Å². The third-order valence-corrected chi connectivity index (χ3v) is 5.70. The molecule has 31 heavy (non-hydrogen) atoms. The van der Waals surface area contributed by atoms with Crippen molar-refractivity contribution in [2.75, 3.05) is 6.54 Å². The molecule has 0 atom stereocenters. The van der Waals surface area contributed by atoms with Gasteiger partial charge in [0, 0.05) is 40.7 Å². The second kappa shape index (κ2) is 8.26. The highest BCUT2D eigenvalue weighted by Crippen LogP contribution is 2.22. The van der Waals surface area contributed by atoms with Gasteiger partial charge in [-0.3, -0.25) is 9.69 Å². The third kappa shape index (κ3) is 4.25. The molecule has 0 saturated heterocycles. The summed E-state index contributed by atoms with van der Waals surface area (Å²) in [7, 11) is 0. The van der Waals surface area contributed by atoms with E-state index in [4.69, 9.17) is 27.7 Å². The van der Waals surface area contributed by atoms with Crippen molar-refractivity contribution in [2.45, 2.75) is 19.5 Å². The van der Waals surface area contributed by atoms with Crippen molar-refractivity contribution in [3.8, 4) is 22.8 Å². The number of rotatable bonds is 4. The van der Waals surface area contributed by atoms with Gasteiger partial charge in [0.05, 0.1) is 17.8 Å². The molecule has 1 aliphatic heterocycles. The minimum atomic E-state index is -0.132. The molecule has 7 nitrogen and oxygen atoms in total. The first-order valence-corrected chi connectivity index (χ1v) is 10.5. The van der Waals surface area contributed by atoms with E-state index in [2.05, 4.69) is 25.0 Å². The van der Waals surface area contributed by atoms with E-state index in [0.717, 1.165) is 23.4 Å². The molecule has 0 spiro atoms. The summed E-state index contributed by atoms with van der Waals surface area (Å²) in [6.45, 7) is 1.66. The smallest absolute Gasteiger partial charge is 0.255 e. The summed E-state index contributed by atoms with van der Waals surface area (Å²) in [6.07, 6.45) is 0.665. The highest BCUT2D eigenvalue weighted by atomic mass is 35.5. The Labute approximate surface area is 187 Å². The fraction of sp³-hybridized carbons (Fsp3) is 0.182. The first kappa shape index (κ1) is 19.9. The molecule has 156 valence electrons. The molecule has 9 heteroatoms. The van der Waals surface area contributed by atoms with E-state index in [1.54, 1.807) is 24.3 Å². The lowest BCUT2D eigenvalue weighted by atomic mass is 10.1. The van der Waals surface area contributed by atoms with Crippen LogP contribution in [0.1, 0.15) is 17.1 Å². The summed E-state index contributed by atoms with van der Waals surface area (Å²) < 4.78 is 5.41. The number of nitrogens with one attached hydrogen (secondary N) is 1. The SMILES string of the molecule is O=c1[nH]c(-c2ccc(Cl)cc2)nc2c1CN(Cc1nc(-c3ccc(Cl)cc3)no1)CC2. The van der Waals surface area contributed by atoms with Crippen molar-refractivity contribution in [1.82, 2.24) is 25.0 Å². The van der Waals surface area contributed by atoms with E-state index in [9.17, 15) is 4.79 Å². The van der Waals surface area contributed by atoms with E-state index in [1.807, 2.05) is 24.3 Å². The number of hydrogen-bond acceptors (Lipinski definition) is 6. The van der Waals surface area contributed by atoms with Crippen LogP contribution in [-0.4, -0.2) is 31.6 Å². The zero-order valence-corrected chi connectivity index (χ0v) is 17.8. The maximum atomic E-state index is 12.7. The minimum absolute atomic E-state index is 0.132. The Kier molecular flexibility index (Phi) is 5.31. The van der Waals surface area contributed by atoms with Gasteiger partial charge in [-0.25, -0.2) is 4.98 Å². The zero-order valence-electron chi connectivity index (χ0n) is 16.3. The minimum Gasteiger partial charge on any atom is -0.338 e. The largest absolute Gasteiger partial charge is 0.338 e. The predicted molar refractivity (Wildman–Crippen MR) is 118 cm³/mol. The van der Waals surface area contributed by atoms with Gasteiger partial charge in [0.15, 0.2) is 0 Å². The number of fused-ring (bicyclic) bond motifs is 1. The molecule has 2 aromatic carbocycles. The molecule has 1 aliphatic rings. The monoisotopic (exact) mass is 453 g/mol. The highest BCUT2D eigenvalue weighted by Gasteiger charge is 2.23. The maximum absolute atomic E-state index is 12.7. The van der Waals surface area contributed by atoms with Gasteiger partial charge in [0.2, 0.25) is 11.7 Å². The van der Waals surface area contributed by atoms with Crippen molar-refractivity contribution in [3.63, 3.8) is 0 Å². The molecule has 3 heterocycles. The van der Waals surface area contributed by atoms with E-state index >= 15 is 0 Å². The molecule has 0 bridgehead atoms. The van der Waals surface area contributed by atoms with E-state index in [0.29, 0.717) is 52.7 Å². The van der Waals surface area contributed by atoms with Crippen molar-refractivity contribution >= 4 is 23.2 Å². The summed E-state index contributed by atoms with van der Waals surface area (Å²) >= 11 is 11.9. The Hall–Kier alpha value is -3.00. The van der Waals surface area contributed by atoms with Crippen LogP contribution in [0.5, 0.6) is 0 Å². The molecule has 1 N–H and O–H groups in total. The van der Waals surface area contributed by atoms with Gasteiger partial charge in [-0.15, -0.1) is 0 Å². The van der Waals surface area contributed by atoms with Gasteiger partial charge in [0.1, 0.15) is 5.82 Å². The van der Waals surface area contributed by atoms with Crippen LogP contribution in [0.2, 0.25) is 10.0 Å². The zero-order chi connectivity index (χ0) is 21.4. The van der Waals surface area contributed by atoms with Crippen LogP contribution in [0, 0.1) is 0 Å². The molecule has 0 saturated carbocycles. The molecule has 0 fully saturated rings. The number of hydrogen-bond donors (Lipinski definition) is 1. The van der Waals surface area contributed by atoms with Gasteiger partial charge in [-0.1, -0.05) is 28.4 Å². The number of nitrogens with zero attached hydrogens (tertiary/aromatic N) is 4. The van der Waals surface area contributed by atoms with E-state index < -0.39 is 0 Å². The summed E-state index contributed by atoms with van der Waals surface area (Å²) in [4.78, 5) is 26.9. The van der Waals surface area contributed by atoms with Gasteiger partial charge in [0.25, 0.3) is 5.56 Å². The average Bonchev–Trinajstić information content (AvgIpc) is 3.23. The molecule has 2 aromatic heterocycles. The fourth-order valence-corrected chi connectivity index (χ4v) is 3.84. The molecule has 5 rings (SSSR count). The molecule has 0 unspecified atom stereocenters. The van der Waals surface area contributed by atoms with Crippen LogP contribution < -0.4 is 5.56 Å². The first-order valence-electron chi connectivity index (χ1n) is 9.74. The molecular weight excluding hydrogens is 437 g/mol. The maximum Gasteiger partial charge on any atom is 0.255 e. The van der Waals surface area contributed by atoms with Crippen LogP contribution in [0.15, 0.2) is 57.8 Å².